The lowest BCUT2D eigenvalue weighted by Gasteiger charge is -2.29. The topological polar surface area (TPSA) is 33.7 Å². The second kappa shape index (κ2) is 6.67. The third-order valence-corrected chi connectivity index (χ3v) is 4.74. The van der Waals surface area contributed by atoms with Gasteiger partial charge in [-0.3, -0.25) is 0 Å². The molecule has 0 radical (unpaired) electrons. The Labute approximate surface area is 127 Å². The van der Waals surface area contributed by atoms with Crippen molar-refractivity contribution in [1.29, 1.82) is 0 Å². The predicted molar refractivity (Wildman–Crippen MR) is 84.1 cm³/mol. The van der Waals surface area contributed by atoms with E-state index in [1.165, 1.54) is 31.2 Å². The maximum absolute atomic E-state index is 5.70. The van der Waals surface area contributed by atoms with E-state index in [4.69, 9.17) is 9.47 Å². The maximum atomic E-state index is 5.70. The number of nitrogens with one attached hydrogen (secondary N) is 1. The number of rotatable bonds is 5. The molecule has 3 rings (SSSR count). The zero-order valence-corrected chi connectivity index (χ0v) is 13.1. The zero-order chi connectivity index (χ0) is 14.7. The average Bonchev–Trinajstić information content (AvgIpc) is 3.06. The van der Waals surface area contributed by atoms with E-state index in [0.717, 1.165) is 24.1 Å². The molecule has 0 spiro atoms. The van der Waals surface area contributed by atoms with Crippen LogP contribution in [0.25, 0.3) is 0 Å². The normalized spacial score (nSPS) is 20.0. The molecule has 1 aromatic rings. The number of benzene rings is 1. The lowest BCUT2D eigenvalue weighted by molar-refractivity contribution is 0.171. The van der Waals surface area contributed by atoms with E-state index in [2.05, 4.69) is 29.4 Å². The highest BCUT2D eigenvalue weighted by atomic mass is 16.6. The molecule has 2 aliphatic rings. The molecule has 116 valence electrons. The first kappa shape index (κ1) is 14.7. The number of hydrogen-bond donors (Lipinski definition) is 1. The first-order chi connectivity index (χ1) is 10.3. The predicted octanol–water partition coefficient (Wildman–Crippen LogP) is 2.59. The maximum Gasteiger partial charge on any atom is 0.161 e. The van der Waals surface area contributed by atoms with Gasteiger partial charge < -0.3 is 19.7 Å². The fourth-order valence-corrected chi connectivity index (χ4v) is 3.42. The van der Waals surface area contributed by atoms with Crippen LogP contribution in [0.2, 0.25) is 0 Å². The Bertz CT molecular complexity index is 472. The van der Waals surface area contributed by atoms with E-state index < -0.39 is 0 Å². The second-order valence-corrected chi connectivity index (χ2v) is 6.12. The standard InChI is InChI=1S/C17H26N2O2/c1-18-15(12-19(2)14-5-3-4-6-14)13-7-8-16-17(11-13)21-10-9-20-16/h7-8,11,14-15,18H,3-6,9-10,12H2,1-2H3. The van der Waals surface area contributed by atoms with E-state index in [9.17, 15) is 0 Å². The number of ether oxygens (including phenoxy) is 2. The smallest absolute Gasteiger partial charge is 0.161 e. The van der Waals surface area contributed by atoms with Crippen LogP contribution >= 0.6 is 0 Å². The van der Waals surface area contributed by atoms with Crippen molar-refractivity contribution in [1.82, 2.24) is 10.2 Å². The van der Waals surface area contributed by atoms with Gasteiger partial charge in [0.25, 0.3) is 0 Å². The van der Waals surface area contributed by atoms with Gasteiger partial charge in [-0.1, -0.05) is 18.9 Å². The monoisotopic (exact) mass is 290 g/mol. The van der Waals surface area contributed by atoms with E-state index in [-0.39, 0.29) is 0 Å². The van der Waals surface area contributed by atoms with Crippen molar-refractivity contribution < 1.29 is 9.47 Å². The molecular formula is C17H26N2O2. The van der Waals surface area contributed by atoms with Crippen LogP contribution in [0.1, 0.15) is 37.3 Å². The van der Waals surface area contributed by atoms with Crippen LogP contribution in [0.5, 0.6) is 11.5 Å². The van der Waals surface area contributed by atoms with Crippen molar-refractivity contribution in [2.75, 3.05) is 33.9 Å². The molecule has 1 aromatic carbocycles. The fourth-order valence-electron chi connectivity index (χ4n) is 3.42. The third kappa shape index (κ3) is 3.33. The quantitative estimate of drug-likeness (QED) is 0.904. The molecule has 0 aromatic heterocycles. The Balaban J connectivity index is 1.70. The van der Waals surface area contributed by atoms with Crippen LogP contribution in [-0.4, -0.2) is 44.8 Å². The van der Waals surface area contributed by atoms with Crippen molar-refractivity contribution in [2.45, 2.75) is 37.8 Å². The molecule has 1 heterocycles. The summed E-state index contributed by atoms with van der Waals surface area (Å²) < 4.78 is 11.3. The van der Waals surface area contributed by atoms with E-state index in [1.54, 1.807) is 0 Å². The van der Waals surface area contributed by atoms with Gasteiger partial charge >= 0.3 is 0 Å². The van der Waals surface area contributed by atoms with Crippen molar-refractivity contribution in [3.63, 3.8) is 0 Å². The van der Waals surface area contributed by atoms with Gasteiger partial charge in [0.05, 0.1) is 0 Å². The number of fused-ring (bicyclic) bond motifs is 1. The summed E-state index contributed by atoms with van der Waals surface area (Å²) in [7, 11) is 4.28. The van der Waals surface area contributed by atoms with E-state index >= 15 is 0 Å². The number of nitrogens with zero attached hydrogens (tertiary/aromatic N) is 1. The summed E-state index contributed by atoms with van der Waals surface area (Å²) in [4.78, 5) is 2.50. The Hall–Kier alpha value is -1.26. The molecule has 1 N–H and O–H groups in total. The van der Waals surface area contributed by atoms with Gasteiger partial charge in [-0.25, -0.2) is 0 Å². The summed E-state index contributed by atoms with van der Waals surface area (Å²) in [5.74, 6) is 1.74. The Morgan fingerprint density at radius 1 is 1.19 bits per heavy atom. The first-order valence-corrected chi connectivity index (χ1v) is 8.05. The molecule has 4 nitrogen and oxygen atoms in total. The SMILES string of the molecule is CNC(CN(C)C1CCCC1)c1ccc2c(c1)OCCO2. The Kier molecular flexibility index (Phi) is 4.66. The molecular weight excluding hydrogens is 264 g/mol. The minimum atomic E-state index is 0.325. The zero-order valence-electron chi connectivity index (χ0n) is 13.1. The van der Waals surface area contributed by atoms with Crippen LogP contribution in [0.15, 0.2) is 18.2 Å². The first-order valence-electron chi connectivity index (χ1n) is 8.05. The molecule has 4 heteroatoms. The molecule has 0 saturated heterocycles. The molecule has 1 aliphatic carbocycles. The highest BCUT2D eigenvalue weighted by Gasteiger charge is 2.23. The summed E-state index contributed by atoms with van der Waals surface area (Å²) in [6.45, 7) is 2.32. The Morgan fingerprint density at radius 3 is 2.62 bits per heavy atom. The molecule has 21 heavy (non-hydrogen) atoms. The average molecular weight is 290 g/mol. The minimum Gasteiger partial charge on any atom is -0.486 e. The summed E-state index contributed by atoms with van der Waals surface area (Å²) in [6, 6.07) is 7.38. The van der Waals surface area contributed by atoms with Gasteiger partial charge in [-0.05, 0) is 44.6 Å². The summed E-state index contributed by atoms with van der Waals surface area (Å²) in [5, 5.41) is 3.44. The van der Waals surface area contributed by atoms with Crippen molar-refractivity contribution in [3.8, 4) is 11.5 Å². The van der Waals surface area contributed by atoms with Crippen molar-refractivity contribution in [3.05, 3.63) is 23.8 Å². The van der Waals surface area contributed by atoms with Crippen LogP contribution in [0.3, 0.4) is 0 Å². The van der Waals surface area contributed by atoms with Gasteiger partial charge in [0.1, 0.15) is 13.2 Å². The lowest BCUT2D eigenvalue weighted by Crippen LogP contribution is -2.36. The molecule has 1 saturated carbocycles. The largest absolute Gasteiger partial charge is 0.486 e. The molecule has 1 fully saturated rings. The minimum absolute atomic E-state index is 0.325. The third-order valence-electron chi connectivity index (χ3n) is 4.74. The lowest BCUT2D eigenvalue weighted by atomic mass is 10.0. The van der Waals surface area contributed by atoms with Crippen LogP contribution in [0, 0.1) is 0 Å². The summed E-state index contributed by atoms with van der Waals surface area (Å²) in [5.41, 5.74) is 1.27. The van der Waals surface area contributed by atoms with Gasteiger partial charge in [0.2, 0.25) is 0 Å². The van der Waals surface area contributed by atoms with Crippen molar-refractivity contribution >= 4 is 0 Å². The summed E-state index contributed by atoms with van der Waals surface area (Å²) in [6.07, 6.45) is 5.44. The number of hydrogen-bond acceptors (Lipinski definition) is 4. The Morgan fingerprint density at radius 2 is 1.90 bits per heavy atom. The second-order valence-electron chi connectivity index (χ2n) is 6.12. The van der Waals surface area contributed by atoms with Crippen LogP contribution in [-0.2, 0) is 0 Å². The highest BCUT2D eigenvalue weighted by Crippen LogP contribution is 2.33. The summed E-state index contributed by atoms with van der Waals surface area (Å²) >= 11 is 0. The van der Waals surface area contributed by atoms with E-state index in [1.807, 2.05) is 13.1 Å². The molecule has 0 amide bonds. The van der Waals surface area contributed by atoms with Crippen molar-refractivity contribution in [2.24, 2.45) is 0 Å². The number of likely N-dealkylation sites (N-methyl/N-ethyl adjacent to an activating group) is 2. The molecule has 1 unspecified atom stereocenters. The van der Waals surface area contributed by atoms with Crippen LogP contribution < -0.4 is 14.8 Å². The fraction of sp³-hybridized carbons (Fsp3) is 0.647. The highest BCUT2D eigenvalue weighted by molar-refractivity contribution is 5.44. The van der Waals surface area contributed by atoms with Gasteiger partial charge in [-0.2, -0.15) is 0 Å². The molecule has 1 aliphatic heterocycles. The molecule has 1 atom stereocenters. The van der Waals surface area contributed by atoms with Gasteiger partial charge in [0, 0.05) is 18.6 Å². The van der Waals surface area contributed by atoms with Gasteiger partial charge in [-0.15, -0.1) is 0 Å². The molecule has 0 bridgehead atoms. The van der Waals surface area contributed by atoms with E-state index in [0.29, 0.717) is 19.3 Å². The van der Waals surface area contributed by atoms with Crippen LogP contribution in [0.4, 0.5) is 0 Å². The van der Waals surface area contributed by atoms with Gasteiger partial charge in [0.15, 0.2) is 11.5 Å².